The van der Waals surface area contributed by atoms with Crippen molar-refractivity contribution in [2.45, 2.75) is 38.7 Å². The second kappa shape index (κ2) is 6.00. The molecule has 0 radical (unpaired) electrons. The number of carbonyl (C=O) groups is 1. The minimum atomic E-state index is -0.361. The molecule has 0 aromatic heterocycles. The highest BCUT2D eigenvalue weighted by molar-refractivity contribution is 6.36. The fraction of sp³-hybridized carbons (Fsp3) is 0.833. The summed E-state index contributed by atoms with van der Waals surface area (Å²) in [5, 5.41) is 3.89. The zero-order valence-corrected chi connectivity index (χ0v) is 11.2. The summed E-state index contributed by atoms with van der Waals surface area (Å²) < 4.78 is 4.94. The van der Waals surface area contributed by atoms with Crippen LogP contribution in [0, 0.1) is 0 Å². The van der Waals surface area contributed by atoms with E-state index in [9.17, 15) is 4.79 Å². The number of oxime groups is 1. The average molecular weight is 242 g/mol. The van der Waals surface area contributed by atoms with Crippen molar-refractivity contribution in [2.75, 3.05) is 27.2 Å². The number of nitrogens with zero attached hydrogens (tertiary/aromatic N) is 2. The van der Waals surface area contributed by atoms with Crippen LogP contribution < -0.4 is 0 Å². The van der Waals surface area contributed by atoms with Crippen molar-refractivity contribution < 1.29 is 14.4 Å². The Hall–Kier alpha value is -1.10. The molecule has 0 saturated heterocycles. The first-order valence-electron chi connectivity index (χ1n) is 6.10. The summed E-state index contributed by atoms with van der Waals surface area (Å²) >= 11 is 0. The molecule has 5 nitrogen and oxygen atoms in total. The van der Waals surface area contributed by atoms with Gasteiger partial charge >= 0.3 is 5.97 Å². The number of rotatable bonds is 6. The molecule has 5 heteroatoms. The van der Waals surface area contributed by atoms with Crippen molar-refractivity contribution in [1.29, 1.82) is 0 Å². The van der Waals surface area contributed by atoms with Gasteiger partial charge in [0.25, 0.3) is 0 Å². The van der Waals surface area contributed by atoms with E-state index in [1.165, 1.54) is 0 Å². The summed E-state index contributed by atoms with van der Waals surface area (Å²) in [7, 11) is 3.98. The van der Waals surface area contributed by atoms with E-state index in [1.54, 1.807) is 6.92 Å². The molecule has 1 atom stereocenters. The van der Waals surface area contributed by atoms with Gasteiger partial charge < -0.3 is 14.5 Å². The quantitative estimate of drug-likeness (QED) is 0.661. The van der Waals surface area contributed by atoms with Gasteiger partial charge in [-0.25, -0.2) is 4.79 Å². The van der Waals surface area contributed by atoms with Gasteiger partial charge in [-0.05, 0) is 27.4 Å². The zero-order chi connectivity index (χ0) is 12.9. The molecule has 0 saturated carbocycles. The van der Waals surface area contributed by atoms with Gasteiger partial charge in [-0.3, -0.25) is 0 Å². The van der Waals surface area contributed by atoms with Crippen LogP contribution in [0.5, 0.6) is 0 Å². The van der Waals surface area contributed by atoms with Crippen LogP contribution in [0.1, 0.15) is 33.1 Å². The summed E-state index contributed by atoms with van der Waals surface area (Å²) in [4.78, 5) is 19.1. The standard InChI is InChI=1S/C12H22N2O3/c1-5-7-12(9-14(3)4)8-10(13-17-12)11(15)16-6-2/h5-9H2,1-4H3. The number of esters is 1. The molecule has 1 aliphatic heterocycles. The van der Waals surface area contributed by atoms with Gasteiger partial charge in [-0.1, -0.05) is 18.5 Å². The first-order valence-corrected chi connectivity index (χ1v) is 6.10. The lowest BCUT2D eigenvalue weighted by atomic mass is 9.92. The summed E-state index contributed by atoms with van der Waals surface area (Å²) in [5.41, 5.74) is 0.0440. The molecule has 0 aromatic carbocycles. The number of hydrogen-bond donors (Lipinski definition) is 0. The lowest BCUT2D eigenvalue weighted by molar-refractivity contribution is -0.135. The minimum Gasteiger partial charge on any atom is -0.461 e. The number of carbonyl (C=O) groups excluding carboxylic acids is 1. The minimum absolute atomic E-state index is 0.357. The summed E-state index contributed by atoms with van der Waals surface area (Å²) in [5.74, 6) is -0.357. The number of hydrogen-bond acceptors (Lipinski definition) is 5. The van der Waals surface area contributed by atoms with E-state index in [2.05, 4.69) is 17.0 Å². The maximum atomic E-state index is 11.6. The largest absolute Gasteiger partial charge is 0.461 e. The Morgan fingerprint density at radius 3 is 2.76 bits per heavy atom. The molecule has 0 aliphatic carbocycles. The lowest BCUT2D eigenvalue weighted by Crippen LogP contribution is -2.41. The molecule has 1 unspecified atom stereocenters. The molecule has 0 amide bonds. The predicted molar refractivity (Wildman–Crippen MR) is 66.0 cm³/mol. The van der Waals surface area contributed by atoms with E-state index in [0.29, 0.717) is 18.7 Å². The van der Waals surface area contributed by atoms with Crippen LogP contribution in [0.3, 0.4) is 0 Å². The first-order chi connectivity index (χ1) is 8.03. The van der Waals surface area contributed by atoms with Crippen molar-refractivity contribution >= 4 is 11.7 Å². The van der Waals surface area contributed by atoms with Crippen LogP contribution in [-0.4, -0.2) is 49.4 Å². The smallest absolute Gasteiger partial charge is 0.356 e. The molecule has 0 N–H and O–H groups in total. The van der Waals surface area contributed by atoms with Gasteiger partial charge in [0.05, 0.1) is 6.61 Å². The normalized spacial score (nSPS) is 23.5. The van der Waals surface area contributed by atoms with E-state index in [0.717, 1.165) is 19.4 Å². The Kier molecular flexibility index (Phi) is 4.93. The molecule has 0 spiro atoms. The Balaban J connectivity index is 2.65. The van der Waals surface area contributed by atoms with Gasteiger partial charge in [0.15, 0.2) is 11.3 Å². The Morgan fingerprint density at radius 2 is 2.24 bits per heavy atom. The Labute approximate surface area is 103 Å². The summed E-state index contributed by atoms with van der Waals surface area (Å²) in [6.45, 7) is 5.01. The second-order valence-corrected chi connectivity index (χ2v) is 4.70. The maximum absolute atomic E-state index is 11.6. The van der Waals surface area contributed by atoms with Crippen LogP contribution in [0.15, 0.2) is 5.16 Å². The highest BCUT2D eigenvalue weighted by atomic mass is 16.7. The van der Waals surface area contributed by atoms with Crippen molar-refractivity contribution in [2.24, 2.45) is 5.16 Å². The fourth-order valence-electron chi connectivity index (χ4n) is 2.18. The lowest BCUT2D eigenvalue weighted by Gasteiger charge is -2.29. The molecule has 17 heavy (non-hydrogen) atoms. The van der Waals surface area contributed by atoms with E-state index < -0.39 is 0 Å². The zero-order valence-electron chi connectivity index (χ0n) is 11.2. The maximum Gasteiger partial charge on any atom is 0.356 e. The molecular weight excluding hydrogens is 220 g/mol. The fourth-order valence-corrected chi connectivity index (χ4v) is 2.18. The monoisotopic (exact) mass is 242 g/mol. The van der Waals surface area contributed by atoms with Crippen molar-refractivity contribution in [3.05, 3.63) is 0 Å². The van der Waals surface area contributed by atoms with Crippen LogP contribution >= 0.6 is 0 Å². The van der Waals surface area contributed by atoms with Gasteiger partial charge in [-0.15, -0.1) is 0 Å². The van der Waals surface area contributed by atoms with Gasteiger partial charge in [0.2, 0.25) is 0 Å². The second-order valence-electron chi connectivity index (χ2n) is 4.70. The number of ether oxygens (including phenoxy) is 1. The molecule has 1 heterocycles. The van der Waals surface area contributed by atoms with Crippen molar-refractivity contribution in [3.8, 4) is 0 Å². The van der Waals surface area contributed by atoms with E-state index >= 15 is 0 Å². The van der Waals surface area contributed by atoms with Crippen LogP contribution in [0.25, 0.3) is 0 Å². The average Bonchev–Trinajstić information content (AvgIpc) is 2.62. The van der Waals surface area contributed by atoms with Crippen molar-refractivity contribution in [1.82, 2.24) is 4.90 Å². The van der Waals surface area contributed by atoms with E-state index in [-0.39, 0.29) is 11.6 Å². The SMILES string of the molecule is CCCC1(CN(C)C)CC(C(=O)OCC)=NO1. The first kappa shape index (κ1) is 14.0. The third-order valence-corrected chi connectivity index (χ3v) is 2.66. The summed E-state index contributed by atoms with van der Waals surface area (Å²) in [6.07, 6.45) is 2.43. The van der Waals surface area contributed by atoms with E-state index in [1.807, 2.05) is 14.1 Å². The third-order valence-electron chi connectivity index (χ3n) is 2.66. The molecular formula is C12H22N2O3. The van der Waals surface area contributed by atoms with Gasteiger partial charge in [-0.2, -0.15) is 0 Å². The molecule has 1 rings (SSSR count). The Bertz CT molecular complexity index is 302. The molecule has 1 aliphatic rings. The van der Waals surface area contributed by atoms with Gasteiger partial charge in [0, 0.05) is 13.0 Å². The molecule has 0 fully saturated rings. The topological polar surface area (TPSA) is 51.1 Å². The Morgan fingerprint density at radius 1 is 1.53 bits per heavy atom. The van der Waals surface area contributed by atoms with Crippen LogP contribution in [0.2, 0.25) is 0 Å². The van der Waals surface area contributed by atoms with Crippen LogP contribution in [-0.2, 0) is 14.4 Å². The number of likely N-dealkylation sites (N-methyl/N-ethyl adjacent to an activating group) is 1. The molecule has 0 aromatic rings. The third kappa shape index (κ3) is 3.70. The highest BCUT2D eigenvalue weighted by Gasteiger charge is 2.41. The van der Waals surface area contributed by atoms with Crippen molar-refractivity contribution in [3.63, 3.8) is 0 Å². The molecule has 0 bridgehead atoms. The van der Waals surface area contributed by atoms with Gasteiger partial charge in [0.1, 0.15) is 0 Å². The van der Waals surface area contributed by atoms with E-state index in [4.69, 9.17) is 9.57 Å². The molecule has 98 valence electrons. The summed E-state index contributed by atoms with van der Waals surface area (Å²) in [6, 6.07) is 0. The van der Waals surface area contributed by atoms with Crippen LogP contribution in [0.4, 0.5) is 0 Å². The predicted octanol–water partition coefficient (Wildman–Crippen LogP) is 1.43. The highest BCUT2D eigenvalue weighted by Crippen LogP contribution is 2.30.